The van der Waals surface area contributed by atoms with Crippen LogP contribution in [-0.2, 0) is 4.74 Å². The van der Waals surface area contributed by atoms with Crippen molar-refractivity contribution in [1.82, 2.24) is 0 Å². The molecule has 0 saturated heterocycles. The van der Waals surface area contributed by atoms with Crippen molar-refractivity contribution in [3.05, 3.63) is 27.1 Å². The Morgan fingerprint density at radius 3 is 2.53 bits per heavy atom. The van der Waals surface area contributed by atoms with E-state index >= 15 is 0 Å². The maximum absolute atomic E-state index is 11.4. The average Bonchev–Trinajstić information content (AvgIpc) is 2.27. The van der Waals surface area contributed by atoms with Gasteiger partial charge in [0.05, 0.1) is 14.2 Å². The van der Waals surface area contributed by atoms with Gasteiger partial charge < -0.3 is 9.47 Å². The minimum atomic E-state index is -0.643. The van der Waals surface area contributed by atoms with Gasteiger partial charge in [-0.05, 0) is 33.2 Å². The first-order chi connectivity index (χ1) is 7.15. The van der Waals surface area contributed by atoms with Crippen molar-refractivity contribution in [3.63, 3.8) is 0 Å². The largest absolute Gasteiger partial charge is 0.494 e. The van der Waals surface area contributed by atoms with E-state index in [1.165, 1.54) is 20.3 Å². The minimum Gasteiger partial charge on any atom is -0.494 e. The number of benzene rings is 1. The number of carbonyl (C=O) groups excluding carboxylic acids is 1. The van der Waals surface area contributed by atoms with Gasteiger partial charge in [-0.1, -0.05) is 0 Å². The summed E-state index contributed by atoms with van der Waals surface area (Å²) in [7, 11) is 2.61. The lowest BCUT2D eigenvalue weighted by Gasteiger charge is -2.08. The molecule has 6 heteroatoms. The summed E-state index contributed by atoms with van der Waals surface area (Å²) in [5.74, 6) is -0.413. The molecule has 0 heterocycles. The summed E-state index contributed by atoms with van der Waals surface area (Å²) in [6, 6.07) is 3.12. The zero-order valence-corrected chi connectivity index (χ0v) is 9.70. The van der Waals surface area contributed by atoms with Gasteiger partial charge >= 0.3 is 5.97 Å². The molecule has 0 amide bonds. The normalized spacial score (nSPS) is 9.53. The first-order valence-electron chi connectivity index (χ1n) is 3.93. The minimum absolute atomic E-state index is 0.0619. The van der Waals surface area contributed by atoms with E-state index in [0.717, 1.165) is 0 Å². The summed E-state index contributed by atoms with van der Waals surface area (Å²) >= 11 is 3.14. The Bertz CT molecular complexity index is 405. The Kier molecular flexibility index (Phi) is 3.79. The molecule has 0 fully saturated rings. The Hall–Kier alpha value is -1.43. The van der Waals surface area contributed by atoms with E-state index in [1.54, 1.807) is 6.07 Å². The molecule has 0 N–H and O–H groups in total. The molecule has 0 bridgehead atoms. The number of methoxy groups -OCH3 is 2. The molecule has 0 saturated carbocycles. The molecule has 0 aliphatic rings. The number of rotatable bonds is 3. The lowest BCUT2D eigenvalue weighted by atomic mass is 10.1. The molecule has 1 aromatic carbocycles. The van der Waals surface area contributed by atoms with Crippen LogP contribution in [0, 0.1) is 4.91 Å². The summed E-state index contributed by atoms with van der Waals surface area (Å²) in [6.07, 6.45) is 0. The number of hydrogen-bond acceptors (Lipinski definition) is 5. The van der Waals surface area contributed by atoms with Crippen LogP contribution in [0.2, 0.25) is 0 Å². The molecular formula is C9H8BrNO4. The van der Waals surface area contributed by atoms with Crippen LogP contribution in [0.25, 0.3) is 0 Å². The SMILES string of the molecule is COC(=O)c1c(Br)ccc(OC)c1N=O. The predicted octanol–water partition coefficient (Wildman–Crippen LogP) is 2.64. The third-order valence-electron chi connectivity index (χ3n) is 1.79. The van der Waals surface area contributed by atoms with Gasteiger partial charge in [0.15, 0.2) is 5.69 Å². The van der Waals surface area contributed by atoms with Crippen LogP contribution < -0.4 is 4.74 Å². The molecule has 5 nitrogen and oxygen atoms in total. The summed E-state index contributed by atoms with van der Waals surface area (Å²) < 4.78 is 9.87. The fraction of sp³-hybridized carbons (Fsp3) is 0.222. The Labute approximate surface area is 94.5 Å². The fourth-order valence-electron chi connectivity index (χ4n) is 1.10. The van der Waals surface area contributed by atoms with Crippen LogP contribution in [0.5, 0.6) is 5.75 Å². The average molecular weight is 274 g/mol. The molecule has 0 aromatic heterocycles. The number of hydrogen-bond donors (Lipinski definition) is 0. The highest BCUT2D eigenvalue weighted by Gasteiger charge is 2.20. The van der Waals surface area contributed by atoms with Gasteiger partial charge in [-0.3, -0.25) is 0 Å². The lowest BCUT2D eigenvalue weighted by Crippen LogP contribution is -2.03. The van der Waals surface area contributed by atoms with Crippen molar-refractivity contribution in [1.29, 1.82) is 0 Å². The maximum atomic E-state index is 11.4. The van der Waals surface area contributed by atoms with Gasteiger partial charge in [0, 0.05) is 4.47 Å². The van der Waals surface area contributed by atoms with Gasteiger partial charge in [0.2, 0.25) is 0 Å². The summed E-state index contributed by atoms with van der Waals surface area (Å²) in [6.45, 7) is 0. The third-order valence-corrected chi connectivity index (χ3v) is 2.45. The predicted molar refractivity (Wildman–Crippen MR) is 57.5 cm³/mol. The van der Waals surface area contributed by atoms with Crippen LogP contribution in [0.3, 0.4) is 0 Å². The van der Waals surface area contributed by atoms with E-state index in [9.17, 15) is 9.70 Å². The zero-order valence-electron chi connectivity index (χ0n) is 8.11. The molecule has 0 radical (unpaired) electrons. The molecule has 80 valence electrons. The van der Waals surface area contributed by atoms with Gasteiger partial charge in [-0.15, -0.1) is 4.91 Å². The van der Waals surface area contributed by atoms with Crippen LogP contribution in [0.4, 0.5) is 5.69 Å². The van der Waals surface area contributed by atoms with Gasteiger partial charge in [0.1, 0.15) is 11.3 Å². The molecule has 0 unspecified atom stereocenters. The first-order valence-corrected chi connectivity index (χ1v) is 4.73. The van der Waals surface area contributed by atoms with Crippen LogP contribution in [0.15, 0.2) is 21.8 Å². The van der Waals surface area contributed by atoms with Crippen molar-refractivity contribution in [2.24, 2.45) is 5.18 Å². The molecular weight excluding hydrogens is 266 g/mol. The number of ether oxygens (including phenoxy) is 2. The molecule has 0 aliphatic carbocycles. The number of halogens is 1. The second kappa shape index (κ2) is 4.88. The highest BCUT2D eigenvalue weighted by molar-refractivity contribution is 9.10. The van der Waals surface area contributed by atoms with Crippen molar-refractivity contribution in [2.45, 2.75) is 0 Å². The lowest BCUT2D eigenvalue weighted by molar-refractivity contribution is 0.0600. The van der Waals surface area contributed by atoms with E-state index in [0.29, 0.717) is 4.47 Å². The second-order valence-electron chi connectivity index (χ2n) is 2.56. The van der Waals surface area contributed by atoms with Crippen LogP contribution in [-0.4, -0.2) is 20.2 Å². The van der Waals surface area contributed by atoms with Gasteiger partial charge in [0.25, 0.3) is 0 Å². The van der Waals surface area contributed by atoms with Gasteiger partial charge in [-0.2, -0.15) is 0 Å². The highest BCUT2D eigenvalue weighted by Crippen LogP contribution is 2.36. The van der Waals surface area contributed by atoms with Crippen molar-refractivity contribution >= 4 is 27.6 Å². The zero-order chi connectivity index (χ0) is 11.4. The molecule has 0 atom stereocenters. The molecule has 0 aliphatic heterocycles. The highest BCUT2D eigenvalue weighted by atomic mass is 79.9. The van der Waals surface area contributed by atoms with E-state index < -0.39 is 5.97 Å². The standard InChI is InChI=1S/C9H8BrNO4/c1-14-6-4-3-5(10)7(8(6)11-13)9(12)15-2/h3-4H,1-2H3. The number of nitrogens with zero attached hydrogens (tertiary/aromatic N) is 1. The molecule has 0 spiro atoms. The van der Waals surface area contributed by atoms with Crippen molar-refractivity contribution < 1.29 is 14.3 Å². The summed E-state index contributed by atoms with van der Waals surface area (Å²) in [4.78, 5) is 22.0. The number of nitroso groups, excluding NO2 is 1. The van der Waals surface area contributed by atoms with Crippen molar-refractivity contribution in [2.75, 3.05) is 14.2 Å². The molecule has 15 heavy (non-hydrogen) atoms. The van der Waals surface area contributed by atoms with E-state index in [4.69, 9.17) is 4.74 Å². The Morgan fingerprint density at radius 2 is 2.07 bits per heavy atom. The van der Waals surface area contributed by atoms with Crippen molar-refractivity contribution in [3.8, 4) is 5.75 Å². The van der Waals surface area contributed by atoms with E-state index in [1.807, 2.05) is 0 Å². The van der Waals surface area contributed by atoms with E-state index in [-0.39, 0.29) is 17.0 Å². The molecule has 1 rings (SSSR count). The second-order valence-corrected chi connectivity index (χ2v) is 3.41. The Morgan fingerprint density at radius 1 is 1.40 bits per heavy atom. The van der Waals surface area contributed by atoms with E-state index in [2.05, 4.69) is 25.8 Å². The number of esters is 1. The smallest absolute Gasteiger partial charge is 0.341 e. The molecule has 1 aromatic rings. The number of carbonyl (C=O) groups is 1. The summed E-state index contributed by atoms with van der Waals surface area (Å²) in [5.41, 5.74) is -0.00873. The maximum Gasteiger partial charge on any atom is 0.341 e. The van der Waals surface area contributed by atoms with Crippen LogP contribution >= 0.6 is 15.9 Å². The van der Waals surface area contributed by atoms with Crippen LogP contribution in [0.1, 0.15) is 10.4 Å². The fourth-order valence-corrected chi connectivity index (χ4v) is 1.58. The Balaban J connectivity index is 3.45. The first kappa shape index (κ1) is 11.6. The summed E-state index contributed by atoms with van der Waals surface area (Å²) in [5, 5.41) is 2.77. The van der Waals surface area contributed by atoms with Gasteiger partial charge in [-0.25, -0.2) is 4.79 Å². The monoisotopic (exact) mass is 273 g/mol. The topological polar surface area (TPSA) is 65.0 Å². The third kappa shape index (κ3) is 2.15. The quantitative estimate of drug-likeness (QED) is 0.627.